The van der Waals surface area contributed by atoms with Gasteiger partial charge in [0, 0.05) is 12.8 Å². The smallest absolute Gasteiger partial charge is 0.306 e. The Labute approximate surface area is 203 Å². The molecule has 35 heavy (non-hydrogen) atoms. The van der Waals surface area contributed by atoms with Gasteiger partial charge in [-0.15, -0.1) is 0 Å². The summed E-state index contributed by atoms with van der Waals surface area (Å²) in [5, 5.41) is 24.4. The zero-order chi connectivity index (χ0) is 24.9. The first-order valence-corrected chi connectivity index (χ1v) is 12.2. The number of nitrogens with zero attached hydrogens (tertiary/aromatic N) is 4. The third-order valence-electron chi connectivity index (χ3n) is 6.34. The van der Waals surface area contributed by atoms with Crippen molar-refractivity contribution in [2.75, 3.05) is 11.9 Å². The van der Waals surface area contributed by atoms with Crippen LogP contribution in [0.3, 0.4) is 0 Å². The van der Waals surface area contributed by atoms with Gasteiger partial charge < -0.3 is 29.7 Å². The molecule has 3 heterocycles. The number of imidazole rings is 1. The lowest BCUT2D eigenvalue weighted by molar-refractivity contribution is -0.150. The second-order valence-electron chi connectivity index (χ2n) is 8.99. The average molecular weight is 492 g/mol. The molecule has 0 aromatic carbocycles. The first kappa shape index (κ1) is 25.3. The number of ether oxygens (including phenoxy) is 3. The van der Waals surface area contributed by atoms with Crippen LogP contribution in [0.15, 0.2) is 12.7 Å². The minimum atomic E-state index is -1.27. The van der Waals surface area contributed by atoms with Gasteiger partial charge in [-0.2, -0.15) is 0 Å². The maximum absolute atomic E-state index is 12.0. The van der Waals surface area contributed by atoms with E-state index in [1.165, 1.54) is 17.2 Å². The van der Waals surface area contributed by atoms with Crippen molar-refractivity contribution in [3.63, 3.8) is 0 Å². The summed E-state index contributed by atoms with van der Waals surface area (Å²) >= 11 is 0. The van der Waals surface area contributed by atoms with Crippen molar-refractivity contribution in [3.05, 3.63) is 12.7 Å². The fourth-order valence-corrected chi connectivity index (χ4v) is 4.53. The van der Waals surface area contributed by atoms with Crippen LogP contribution in [0.2, 0.25) is 0 Å². The summed E-state index contributed by atoms with van der Waals surface area (Å²) in [6.07, 6.45) is 2.79. The minimum Gasteiger partial charge on any atom is -0.463 e. The number of esters is 2. The van der Waals surface area contributed by atoms with Gasteiger partial charge in [-0.3, -0.25) is 14.2 Å². The van der Waals surface area contributed by atoms with Gasteiger partial charge in [0.1, 0.15) is 37.4 Å². The van der Waals surface area contributed by atoms with Crippen LogP contribution in [0.4, 0.5) is 5.82 Å². The van der Waals surface area contributed by atoms with Gasteiger partial charge >= 0.3 is 11.9 Å². The van der Waals surface area contributed by atoms with Gasteiger partial charge in [-0.25, -0.2) is 15.0 Å². The third kappa shape index (κ3) is 5.54. The highest BCUT2D eigenvalue weighted by Crippen LogP contribution is 2.33. The summed E-state index contributed by atoms with van der Waals surface area (Å²) in [4.78, 5) is 36.7. The molecule has 3 N–H and O–H groups in total. The molecule has 0 bridgehead atoms. The van der Waals surface area contributed by atoms with E-state index in [0.717, 1.165) is 25.7 Å². The van der Waals surface area contributed by atoms with Crippen LogP contribution in [-0.4, -0.2) is 78.7 Å². The summed E-state index contributed by atoms with van der Waals surface area (Å²) in [5.41, 5.74) is 0.862. The molecule has 12 nitrogen and oxygen atoms in total. The maximum Gasteiger partial charge on any atom is 0.306 e. The number of aromatic nitrogens is 4. The highest BCUT2D eigenvalue weighted by atomic mass is 16.6. The van der Waals surface area contributed by atoms with Crippen LogP contribution < -0.4 is 5.32 Å². The topological polar surface area (TPSA) is 158 Å². The molecule has 1 aliphatic carbocycles. The average Bonchev–Trinajstić information content (AvgIpc) is 3.52. The van der Waals surface area contributed by atoms with Crippen LogP contribution >= 0.6 is 0 Å². The first-order chi connectivity index (χ1) is 16.9. The molecule has 2 aliphatic rings. The van der Waals surface area contributed by atoms with E-state index >= 15 is 0 Å². The van der Waals surface area contributed by atoms with Gasteiger partial charge in [0.2, 0.25) is 0 Å². The highest BCUT2D eigenvalue weighted by molar-refractivity contribution is 5.83. The molecule has 1 saturated carbocycles. The Morgan fingerprint density at radius 2 is 1.89 bits per heavy atom. The summed E-state index contributed by atoms with van der Waals surface area (Å²) in [6, 6.07) is -0.101. The van der Waals surface area contributed by atoms with Crippen molar-refractivity contribution in [3.8, 4) is 0 Å². The lowest BCUT2D eigenvalue weighted by atomic mass is 10.1. The first-order valence-electron chi connectivity index (χ1n) is 12.2. The Kier molecular flexibility index (Phi) is 8.14. The predicted octanol–water partition coefficient (Wildman–Crippen LogP) is 1.47. The van der Waals surface area contributed by atoms with E-state index < -0.39 is 24.5 Å². The SMILES string of the molecule is CCCC(=O)OC[C@H]1O[C@@H](n2cnc3c(N[C@H]4CCC[C@@H]4OC(=O)CCC)ncnc32)[C@H](O)[C@@H]1O. The van der Waals surface area contributed by atoms with E-state index in [2.05, 4.69) is 20.3 Å². The van der Waals surface area contributed by atoms with Gasteiger partial charge in [-0.1, -0.05) is 13.8 Å². The number of anilines is 1. The quantitative estimate of drug-likeness (QED) is 0.413. The summed E-state index contributed by atoms with van der Waals surface area (Å²) in [7, 11) is 0. The van der Waals surface area contributed by atoms with Crippen molar-refractivity contribution < 1.29 is 34.0 Å². The molecule has 4 rings (SSSR count). The zero-order valence-corrected chi connectivity index (χ0v) is 20.0. The fraction of sp³-hybridized carbons (Fsp3) is 0.696. The van der Waals surface area contributed by atoms with Gasteiger partial charge in [-0.05, 0) is 32.1 Å². The van der Waals surface area contributed by atoms with Crippen molar-refractivity contribution in [1.82, 2.24) is 19.5 Å². The lowest BCUT2D eigenvalue weighted by Gasteiger charge is -2.22. The zero-order valence-electron chi connectivity index (χ0n) is 20.0. The molecule has 2 fully saturated rings. The molecule has 1 saturated heterocycles. The van der Waals surface area contributed by atoms with Crippen molar-refractivity contribution in [2.24, 2.45) is 0 Å². The lowest BCUT2D eigenvalue weighted by Crippen LogP contribution is -2.34. The van der Waals surface area contributed by atoms with Gasteiger partial charge in [0.15, 0.2) is 23.2 Å². The van der Waals surface area contributed by atoms with Gasteiger partial charge in [0.25, 0.3) is 0 Å². The molecular formula is C23H33N5O7. The molecule has 0 unspecified atom stereocenters. The van der Waals surface area contributed by atoms with Crippen molar-refractivity contribution in [1.29, 1.82) is 0 Å². The minimum absolute atomic E-state index is 0.101. The maximum atomic E-state index is 12.0. The highest BCUT2D eigenvalue weighted by Gasteiger charge is 2.45. The predicted molar refractivity (Wildman–Crippen MR) is 123 cm³/mol. The second-order valence-corrected chi connectivity index (χ2v) is 8.99. The summed E-state index contributed by atoms with van der Waals surface area (Å²) in [5.74, 6) is -0.109. The number of fused-ring (bicyclic) bond motifs is 1. The Bertz CT molecular complexity index is 1030. The van der Waals surface area contributed by atoms with E-state index in [1.807, 2.05) is 13.8 Å². The van der Waals surface area contributed by atoms with Crippen molar-refractivity contribution >= 4 is 28.9 Å². The number of hydrogen-bond acceptors (Lipinski definition) is 11. The van der Waals surface area contributed by atoms with E-state index in [-0.39, 0.29) is 37.1 Å². The number of carbonyl (C=O) groups excluding carboxylic acids is 2. The molecular weight excluding hydrogens is 458 g/mol. The van der Waals surface area contributed by atoms with Crippen LogP contribution in [0.5, 0.6) is 0 Å². The third-order valence-corrected chi connectivity index (χ3v) is 6.34. The standard InChI is InChI=1S/C23H33N5O7/c1-3-6-16(29)33-10-15-19(31)20(32)23(35-15)28-12-26-18-21(24-11-25-22(18)28)27-13-8-5-9-14(13)34-17(30)7-4-2/h11-15,19-20,23,31-32H,3-10H2,1-2H3,(H,24,25,27)/t13-,14-,15+,19+,20+,23+/m0/s1. The molecule has 0 amide bonds. The summed E-state index contributed by atoms with van der Waals surface area (Å²) in [6.45, 7) is 3.63. The molecule has 0 radical (unpaired) electrons. The number of aliphatic hydroxyl groups is 2. The molecule has 2 aromatic heterocycles. The Morgan fingerprint density at radius 1 is 1.11 bits per heavy atom. The van der Waals surface area contributed by atoms with E-state index in [4.69, 9.17) is 14.2 Å². The molecule has 1 aliphatic heterocycles. The Balaban J connectivity index is 1.48. The van der Waals surface area contributed by atoms with Crippen LogP contribution in [0, 0.1) is 0 Å². The number of carbonyl (C=O) groups is 2. The fourth-order valence-electron chi connectivity index (χ4n) is 4.53. The monoisotopic (exact) mass is 491 g/mol. The molecule has 6 atom stereocenters. The van der Waals surface area contributed by atoms with Crippen LogP contribution in [0.1, 0.15) is 65.0 Å². The Morgan fingerprint density at radius 3 is 2.66 bits per heavy atom. The number of rotatable bonds is 10. The molecule has 192 valence electrons. The normalized spacial score (nSPS) is 28.3. The van der Waals surface area contributed by atoms with E-state index in [1.54, 1.807) is 0 Å². The van der Waals surface area contributed by atoms with Crippen molar-refractivity contribution in [2.45, 2.75) is 95.5 Å². The van der Waals surface area contributed by atoms with E-state index in [0.29, 0.717) is 29.8 Å². The number of hydrogen-bond donors (Lipinski definition) is 3. The van der Waals surface area contributed by atoms with Crippen LogP contribution in [-0.2, 0) is 23.8 Å². The Hall–Kier alpha value is -2.83. The van der Waals surface area contributed by atoms with Crippen LogP contribution in [0.25, 0.3) is 11.2 Å². The number of nitrogens with one attached hydrogen (secondary N) is 1. The van der Waals surface area contributed by atoms with E-state index in [9.17, 15) is 19.8 Å². The largest absolute Gasteiger partial charge is 0.463 e. The second kappa shape index (κ2) is 11.3. The number of aliphatic hydroxyl groups excluding tert-OH is 2. The molecule has 12 heteroatoms. The molecule has 2 aromatic rings. The molecule has 0 spiro atoms. The summed E-state index contributed by atoms with van der Waals surface area (Å²) < 4.78 is 18.2. The van der Waals surface area contributed by atoms with Gasteiger partial charge in [0.05, 0.1) is 12.4 Å².